The Labute approximate surface area is 98.3 Å². The Morgan fingerprint density at radius 3 is 2.88 bits per heavy atom. The lowest BCUT2D eigenvalue weighted by molar-refractivity contribution is 0.132. The molecule has 4 nitrogen and oxygen atoms in total. The fourth-order valence-corrected chi connectivity index (χ4v) is 1.93. The van der Waals surface area contributed by atoms with Crippen LogP contribution in [0.15, 0.2) is 35.1 Å². The summed E-state index contributed by atoms with van der Waals surface area (Å²) in [6, 6.07) is 9.16. The van der Waals surface area contributed by atoms with E-state index in [0.717, 1.165) is 18.4 Å². The van der Waals surface area contributed by atoms with Crippen LogP contribution in [0.1, 0.15) is 24.8 Å². The minimum Gasteiger partial charge on any atom is -0.373 e. The molecule has 1 heterocycles. The quantitative estimate of drug-likeness (QED) is 0.696. The summed E-state index contributed by atoms with van der Waals surface area (Å²) in [5.41, 5.74) is 1.22. The number of hydrogen-bond acceptors (Lipinski definition) is 3. The number of rotatable bonds is 3. The number of benzene rings is 1. The van der Waals surface area contributed by atoms with E-state index in [-0.39, 0.29) is 5.43 Å². The number of aliphatic hydroxyl groups is 1. The Hall–Kier alpha value is -1.65. The largest absolute Gasteiger partial charge is 0.373 e. The maximum Gasteiger partial charge on any atom is 0.189 e. The average molecular weight is 230 g/mol. The van der Waals surface area contributed by atoms with Crippen molar-refractivity contribution in [3.05, 3.63) is 46.2 Å². The highest BCUT2D eigenvalue weighted by Crippen LogP contribution is 2.22. The zero-order chi connectivity index (χ0) is 11.8. The summed E-state index contributed by atoms with van der Waals surface area (Å²) >= 11 is 0. The van der Waals surface area contributed by atoms with Crippen molar-refractivity contribution in [1.82, 2.24) is 10.3 Å². The summed E-state index contributed by atoms with van der Waals surface area (Å²) in [6.07, 6.45) is 1.39. The number of aromatic nitrogens is 1. The van der Waals surface area contributed by atoms with Gasteiger partial charge in [0.25, 0.3) is 0 Å². The van der Waals surface area contributed by atoms with Crippen LogP contribution in [0.25, 0.3) is 10.9 Å². The Morgan fingerprint density at radius 2 is 2.12 bits per heavy atom. The number of aromatic amines is 1. The molecule has 0 radical (unpaired) electrons. The van der Waals surface area contributed by atoms with E-state index in [2.05, 4.69) is 10.3 Å². The van der Waals surface area contributed by atoms with Gasteiger partial charge in [-0.05, 0) is 25.0 Å². The minimum absolute atomic E-state index is 0.0639. The summed E-state index contributed by atoms with van der Waals surface area (Å²) in [5, 5.41) is 13.6. The van der Waals surface area contributed by atoms with Crippen molar-refractivity contribution in [2.75, 3.05) is 0 Å². The Bertz CT molecular complexity index is 602. The maximum atomic E-state index is 11.8. The lowest BCUT2D eigenvalue weighted by atomic mass is 10.2. The molecule has 1 aromatic carbocycles. The van der Waals surface area contributed by atoms with Crippen LogP contribution >= 0.6 is 0 Å². The molecule has 2 aromatic rings. The molecule has 1 aliphatic carbocycles. The van der Waals surface area contributed by atoms with E-state index in [1.165, 1.54) is 6.07 Å². The van der Waals surface area contributed by atoms with Gasteiger partial charge in [-0.3, -0.25) is 10.1 Å². The van der Waals surface area contributed by atoms with Crippen LogP contribution in [-0.4, -0.2) is 16.1 Å². The van der Waals surface area contributed by atoms with Gasteiger partial charge in [0.2, 0.25) is 0 Å². The van der Waals surface area contributed by atoms with Crippen molar-refractivity contribution in [2.24, 2.45) is 0 Å². The molecule has 1 atom stereocenters. The van der Waals surface area contributed by atoms with E-state index in [4.69, 9.17) is 0 Å². The van der Waals surface area contributed by atoms with Gasteiger partial charge in [-0.15, -0.1) is 0 Å². The van der Waals surface area contributed by atoms with Gasteiger partial charge in [0.1, 0.15) is 6.23 Å². The van der Waals surface area contributed by atoms with Crippen LogP contribution < -0.4 is 10.7 Å². The van der Waals surface area contributed by atoms with Crippen molar-refractivity contribution in [3.8, 4) is 0 Å². The van der Waals surface area contributed by atoms with E-state index in [1.807, 2.05) is 18.2 Å². The second kappa shape index (κ2) is 3.98. The fourth-order valence-electron chi connectivity index (χ4n) is 1.93. The maximum absolute atomic E-state index is 11.8. The third kappa shape index (κ3) is 2.09. The van der Waals surface area contributed by atoms with E-state index >= 15 is 0 Å². The van der Waals surface area contributed by atoms with Gasteiger partial charge in [0.15, 0.2) is 5.43 Å². The molecule has 3 rings (SSSR count). The molecule has 0 bridgehead atoms. The SMILES string of the molecule is O=c1cc(C(O)NC2CC2)[nH]c2ccccc12. The molecule has 0 aliphatic heterocycles. The number of fused-ring (bicyclic) bond motifs is 1. The highest BCUT2D eigenvalue weighted by molar-refractivity contribution is 5.78. The predicted octanol–water partition coefficient (Wildman–Crippen LogP) is 1.27. The Kier molecular flexibility index (Phi) is 2.46. The monoisotopic (exact) mass is 230 g/mol. The number of aliphatic hydroxyl groups excluding tert-OH is 1. The summed E-state index contributed by atoms with van der Waals surface area (Å²) < 4.78 is 0. The number of nitrogens with one attached hydrogen (secondary N) is 2. The van der Waals surface area contributed by atoms with Gasteiger partial charge >= 0.3 is 0 Å². The molecule has 1 aromatic heterocycles. The summed E-state index contributed by atoms with van der Waals surface area (Å²) in [5.74, 6) is 0. The Balaban J connectivity index is 2.02. The van der Waals surface area contributed by atoms with E-state index < -0.39 is 6.23 Å². The van der Waals surface area contributed by atoms with Gasteiger partial charge in [-0.25, -0.2) is 0 Å². The van der Waals surface area contributed by atoms with Crippen molar-refractivity contribution in [3.63, 3.8) is 0 Å². The van der Waals surface area contributed by atoms with Gasteiger partial charge in [0, 0.05) is 23.0 Å². The molecule has 0 amide bonds. The average Bonchev–Trinajstić information content (AvgIpc) is 3.13. The number of pyridine rings is 1. The smallest absolute Gasteiger partial charge is 0.189 e. The lowest BCUT2D eigenvalue weighted by Gasteiger charge is -2.12. The van der Waals surface area contributed by atoms with Crippen LogP contribution in [0.5, 0.6) is 0 Å². The van der Waals surface area contributed by atoms with Crippen LogP contribution in [0.4, 0.5) is 0 Å². The zero-order valence-corrected chi connectivity index (χ0v) is 9.31. The van der Waals surface area contributed by atoms with Crippen molar-refractivity contribution in [2.45, 2.75) is 25.1 Å². The van der Waals surface area contributed by atoms with E-state index in [9.17, 15) is 9.90 Å². The number of hydrogen-bond donors (Lipinski definition) is 3. The molecular weight excluding hydrogens is 216 g/mol. The third-order valence-electron chi connectivity index (χ3n) is 3.02. The molecule has 88 valence electrons. The normalized spacial score (nSPS) is 17.2. The molecular formula is C13H14N2O2. The topological polar surface area (TPSA) is 65.1 Å². The summed E-state index contributed by atoms with van der Waals surface area (Å²) in [7, 11) is 0. The molecule has 0 saturated heterocycles. The second-order valence-corrected chi connectivity index (χ2v) is 4.48. The van der Waals surface area contributed by atoms with Crippen LogP contribution in [-0.2, 0) is 0 Å². The highest BCUT2D eigenvalue weighted by atomic mass is 16.3. The summed E-state index contributed by atoms with van der Waals surface area (Å²) in [6.45, 7) is 0. The number of H-pyrrole nitrogens is 1. The standard InChI is InChI=1S/C13H14N2O2/c16-12-7-11(13(17)14-8-5-6-8)15-10-4-2-1-3-9(10)12/h1-4,7-8,13-14,17H,5-6H2,(H,15,16). The molecule has 1 fully saturated rings. The summed E-state index contributed by atoms with van der Waals surface area (Å²) in [4.78, 5) is 14.9. The van der Waals surface area contributed by atoms with Crippen LogP contribution in [0.2, 0.25) is 0 Å². The van der Waals surface area contributed by atoms with E-state index in [0.29, 0.717) is 17.1 Å². The Morgan fingerprint density at radius 1 is 1.35 bits per heavy atom. The van der Waals surface area contributed by atoms with E-state index in [1.54, 1.807) is 6.07 Å². The van der Waals surface area contributed by atoms with Crippen molar-refractivity contribution in [1.29, 1.82) is 0 Å². The van der Waals surface area contributed by atoms with Crippen molar-refractivity contribution < 1.29 is 5.11 Å². The second-order valence-electron chi connectivity index (χ2n) is 4.48. The molecule has 3 N–H and O–H groups in total. The van der Waals surface area contributed by atoms with Gasteiger partial charge in [0.05, 0.1) is 5.69 Å². The molecule has 1 saturated carbocycles. The van der Waals surface area contributed by atoms with Crippen molar-refractivity contribution >= 4 is 10.9 Å². The van der Waals surface area contributed by atoms with Gasteiger partial charge in [-0.2, -0.15) is 0 Å². The zero-order valence-electron chi connectivity index (χ0n) is 9.31. The predicted molar refractivity (Wildman–Crippen MR) is 65.7 cm³/mol. The van der Waals surface area contributed by atoms with Crippen LogP contribution in [0.3, 0.4) is 0 Å². The molecule has 17 heavy (non-hydrogen) atoms. The first-order valence-electron chi connectivity index (χ1n) is 5.80. The number of para-hydroxylation sites is 1. The van der Waals surface area contributed by atoms with Gasteiger partial charge in [-0.1, -0.05) is 12.1 Å². The fraction of sp³-hybridized carbons (Fsp3) is 0.308. The first-order valence-corrected chi connectivity index (χ1v) is 5.80. The molecule has 4 heteroatoms. The molecule has 0 spiro atoms. The van der Waals surface area contributed by atoms with Crippen LogP contribution in [0, 0.1) is 0 Å². The minimum atomic E-state index is -0.792. The molecule has 1 aliphatic rings. The first kappa shape index (κ1) is 10.5. The third-order valence-corrected chi connectivity index (χ3v) is 3.02. The lowest BCUT2D eigenvalue weighted by Crippen LogP contribution is -2.25. The molecule has 1 unspecified atom stereocenters. The first-order chi connectivity index (χ1) is 8.24. The van der Waals surface area contributed by atoms with Gasteiger partial charge < -0.3 is 10.1 Å². The highest BCUT2D eigenvalue weighted by Gasteiger charge is 2.24.